The van der Waals surface area contributed by atoms with Gasteiger partial charge in [-0.3, -0.25) is 0 Å². The largest absolute Gasteiger partial charge is 0.376 e. The lowest BCUT2D eigenvalue weighted by Gasteiger charge is -2.00. The van der Waals surface area contributed by atoms with E-state index in [0.717, 1.165) is 12.0 Å². The molecule has 0 aliphatic carbocycles. The first-order valence-corrected chi connectivity index (χ1v) is 3.51. The topological polar surface area (TPSA) is 20.2 Å². The number of allylic oxidation sites excluding steroid dienone is 1. The summed E-state index contributed by atoms with van der Waals surface area (Å²) < 4.78 is 0. The Hall–Kier alpha value is -0.740. The van der Waals surface area contributed by atoms with Crippen LogP contribution in [0.15, 0.2) is 11.6 Å². The van der Waals surface area contributed by atoms with Crippen molar-refractivity contribution in [2.75, 3.05) is 0 Å². The van der Waals surface area contributed by atoms with Crippen molar-refractivity contribution in [3.8, 4) is 11.8 Å². The predicted octanol–water partition coefficient (Wildman–Crippen LogP) is 1.73. The molecular weight excluding hydrogens is 124 g/mol. The Morgan fingerprint density at radius 1 is 1.70 bits per heavy atom. The van der Waals surface area contributed by atoms with Crippen molar-refractivity contribution in [3.63, 3.8) is 0 Å². The summed E-state index contributed by atoms with van der Waals surface area (Å²) in [6.07, 6.45) is 2.10. The average molecular weight is 138 g/mol. The lowest BCUT2D eigenvalue weighted by atomic mass is 10.1. The molecule has 1 atom stereocenters. The van der Waals surface area contributed by atoms with E-state index in [1.54, 1.807) is 0 Å². The molecule has 1 nitrogen and oxygen atoms in total. The van der Waals surface area contributed by atoms with Crippen LogP contribution in [0.3, 0.4) is 0 Å². The van der Waals surface area contributed by atoms with E-state index in [4.69, 9.17) is 0 Å². The third kappa shape index (κ3) is 3.32. The SMILES string of the molecule is C/C=C(\C)C(O)C#CCC. The second kappa shape index (κ2) is 5.08. The fourth-order valence-electron chi connectivity index (χ4n) is 0.470. The van der Waals surface area contributed by atoms with Crippen molar-refractivity contribution in [2.24, 2.45) is 0 Å². The quantitative estimate of drug-likeness (QED) is 0.432. The van der Waals surface area contributed by atoms with E-state index in [1.807, 2.05) is 26.8 Å². The summed E-state index contributed by atoms with van der Waals surface area (Å²) >= 11 is 0. The van der Waals surface area contributed by atoms with Gasteiger partial charge in [0.05, 0.1) is 0 Å². The maximum atomic E-state index is 9.21. The molecule has 0 aromatic rings. The first kappa shape index (κ1) is 9.26. The zero-order valence-electron chi connectivity index (χ0n) is 6.81. The van der Waals surface area contributed by atoms with Gasteiger partial charge in [0, 0.05) is 6.42 Å². The maximum Gasteiger partial charge on any atom is 0.135 e. The molecule has 56 valence electrons. The third-order valence-electron chi connectivity index (χ3n) is 1.30. The Bertz CT molecular complexity index is 169. The van der Waals surface area contributed by atoms with Crippen LogP contribution in [0.1, 0.15) is 27.2 Å². The normalized spacial score (nSPS) is 13.8. The minimum Gasteiger partial charge on any atom is -0.376 e. The molecule has 0 fully saturated rings. The van der Waals surface area contributed by atoms with Crippen LogP contribution in [0.4, 0.5) is 0 Å². The lowest BCUT2D eigenvalue weighted by Crippen LogP contribution is -2.03. The van der Waals surface area contributed by atoms with E-state index < -0.39 is 6.10 Å². The molecule has 0 saturated heterocycles. The van der Waals surface area contributed by atoms with E-state index in [-0.39, 0.29) is 0 Å². The molecule has 0 spiro atoms. The Balaban J connectivity index is 3.96. The van der Waals surface area contributed by atoms with E-state index in [1.165, 1.54) is 0 Å². The minimum atomic E-state index is -0.565. The average Bonchev–Trinajstić information content (AvgIpc) is 1.98. The number of aliphatic hydroxyl groups is 1. The maximum absolute atomic E-state index is 9.21. The summed E-state index contributed by atoms with van der Waals surface area (Å²) in [5.74, 6) is 5.54. The van der Waals surface area contributed by atoms with Gasteiger partial charge in [-0.15, -0.1) is 5.92 Å². The van der Waals surface area contributed by atoms with Gasteiger partial charge in [-0.1, -0.05) is 18.9 Å². The zero-order valence-corrected chi connectivity index (χ0v) is 6.81. The van der Waals surface area contributed by atoms with E-state index in [0.29, 0.717) is 0 Å². The van der Waals surface area contributed by atoms with Gasteiger partial charge in [-0.2, -0.15) is 0 Å². The van der Waals surface area contributed by atoms with Crippen molar-refractivity contribution in [1.82, 2.24) is 0 Å². The Labute approximate surface area is 62.8 Å². The number of hydrogen-bond acceptors (Lipinski definition) is 1. The summed E-state index contributed by atoms with van der Waals surface area (Å²) in [5, 5.41) is 9.21. The number of rotatable bonds is 1. The third-order valence-corrected chi connectivity index (χ3v) is 1.30. The predicted molar refractivity (Wildman–Crippen MR) is 43.5 cm³/mol. The second-order valence-electron chi connectivity index (χ2n) is 2.11. The molecule has 1 heteroatoms. The summed E-state index contributed by atoms with van der Waals surface area (Å²) in [6, 6.07) is 0. The van der Waals surface area contributed by atoms with Crippen LogP contribution >= 0.6 is 0 Å². The van der Waals surface area contributed by atoms with Gasteiger partial charge in [-0.05, 0) is 19.4 Å². The van der Waals surface area contributed by atoms with Crippen LogP contribution in [0.2, 0.25) is 0 Å². The van der Waals surface area contributed by atoms with Gasteiger partial charge in [-0.25, -0.2) is 0 Å². The molecule has 0 aromatic carbocycles. The Morgan fingerprint density at radius 2 is 2.30 bits per heavy atom. The van der Waals surface area contributed by atoms with Gasteiger partial charge in [0.25, 0.3) is 0 Å². The summed E-state index contributed by atoms with van der Waals surface area (Å²) in [7, 11) is 0. The standard InChI is InChI=1S/C9H14O/c1-4-6-7-9(10)8(3)5-2/h5,9-10H,4H2,1-3H3/b8-5+. The fourth-order valence-corrected chi connectivity index (χ4v) is 0.470. The van der Waals surface area contributed by atoms with Crippen LogP contribution in [0.25, 0.3) is 0 Å². The second-order valence-corrected chi connectivity index (χ2v) is 2.11. The van der Waals surface area contributed by atoms with Gasteiger partial charge >= 0.3 is 0 Å². The summed E-state index contributed by atoms with van der Waals surface area (Å²) in [4.78, 5) is 0. The molecule has 0 aliphatic heterocycles. The Morgan fingerprint density at radius 3 is 2.70 bits per heavy atom. The van der Waals surface area contributed by atoms with Gasteiger partial charge < -0.3 is 5.11 Å². The van der Waals surface area contributed by atoms with Crippen molar-refractivity contribution >= 4 is 0 Å². The van der Waals surface area contributed by atoms with Crippen molar-refractivity contribution in [2.45, 2.75) is 33.3 Å². The van der Waals surface area contributed by atoms with E-state index in [2.05, 4.69) is 11.8 Å². The highest BCUT2D eigenvalue weighted by Gasteiger charge is 1.97. The molecule has 0 bridgehead atoms. The molecule has 0 heterocycles. The summed E-state index contributed by atoms with van der Waals surface area (Å²) in [5.41, 5.74) is 0.918. The molecule has 0 radical (unpaired) electrons. The van der Waals surface area contributed by atoms with E-state index >= 15 is 0 Å². The van der Waals surface area contributed by atoms with Gasteiger partial charge in [0.2, 0.25) is 0 Å². The smallest absolute Gasteiger partial charge is 0.135 e. The molecule has 1 N–H and O–H groups in total. The molecule has 0 amide bonds. The summed E-state index contributed by atoms with van der Waals surface area (Å²) in [6.45, 7) is 5.73. The first-order chi connectivity index (χ1) is 4.72. The first-order valence-electron chi connectivity index (χ1n) is 3.51. The molecule has 0 aromatic heterocycles. The molecule has 0 rings (SSSR count). The van der Waals surface area contributed by atoms with Crippen molar-refractivity contribution < 1.29 is 5.11 Å². The van der Waals surface area contributed by atoms with Crippen LogP contribution in [0.5, 0.6) is 0 Å². The fraction of sp³-hybridized carbons (Fsp3) is 0.556. The zero-order chi connectivity index (χ0) is 7.98. The highest BCUT2D eigenvalue weighted by atomic mass is 16.3. The van der Waals surface area contributed by atoms with Crippen molar-refractivity contribution in [3.05, 3.63) is 11.6 Å². The van der Waals surface area contributed by atoms with Crippen LogP contribution < -0.4 is 0 Å². The molecular formula is C9H14O. The minimum absolute atomic E-state index is 0.565. The lowest BCUT2D eigenvalue weighted by molar-refractivity contribution is 0.268. The van der Waals surface area contributed by atoms with Gasteiger partial charge in [0.15, 0.2) is 0 Å². The number of aliphatic hydroxyl groups excluding tert-OH is 1. The molecule has 1 unspecified atom stereocenters. The van der Waals surface area contributed by atoms with Crippen LogP contribution in [0, 0.1) is 11.8 Å². The molecule has 10 heavy (non-hydrogen) atoms. The van der Waals surface area contributed by atoms with E-state index in [9.17, 15) is 5.11 Å². The highest BCUT2D eigenvalue weighted by molar-refractivity contribution is 5.18. The molecule has 0 saturated carbocycles. The van der Waals surface area contributed by atoms with Gasteiger partial charge in [0.1, 0.15) is 6.10 Å². The van der Waals surface area contributed by atoms with Crippen LogP contribution in [-0.2, 0) is 0 Å². The number of hydrogen-bond donors (Lipinski definition) is 1. The Kier molecular flexibility index (Phi) is 4.70. The highest BCUT2D eigenvalue weighted by Crippen LogP contribution is 1.98. The molecule has 0 aliphatic rings. The monoisotopic (exact) mass is 138 g/mol. The van der Waals surface area contributed by atoms with Crippen molar-refractivity contribution in [1.29, 1.82) is 0 Å². The van der Waals surface area contributed by atoms with Crippen LogP contribution in [-0.4, -0.2) is 11.2 Å².